The fourth-order valence-electron chi connectivity index (χ4n) is 2.17. The average molecular weight is 248 g/mol. The zero-order chi connectivity index (χ0) is 13.4. The molecule has 0 radical (unpaired) electrons. The van der Waals surface area contributed by atoms with Crippen LogP contribution in [0.25, 0.3) is 10.9 Å². The third-order valence-electron chi connectivity index (χ3n) is 3.26. The van der Waals surface area contributed by atoms with Crippen molar-refractivity contribution in [2.45, 2.75) is 26.3 Å². The lowest BCUT2D eigenvalue weighted by molar-refractivity contribution is -0.137. The van der Waals surface area contributed by atoms with Crippen LogP contribution in [0, 0.1) is 13.8 Å². The number of hydrogen-bond donors (Lipinski definition) is 4. The number of fused-ring (bicyclic) bond motifs is 1. The van der Waals surface area contributed by atoms with Gasteiger partial charge in [0.15, 0.2) is 0 Å². The molecule has 0 aliphatic rings. The highest BCUT2D eigenvalue weighted by Gasteiger charge is 2.18. The summed E-state index contributed by atoms with van der Waals surface area (Å²) in [6.45, 7) is 3.83. The molecule has 1 atom stereocenters. The Balaban J connectivity index is 2.57. The van der Waals surface area contributed by atoms with Gasteiger partial charge in [-0.3, -0.25) is 4.79 Å². The van der Waals surface area contributed by atoms with Gasteiger partial charge in [-0.15, -0.1) is 0 Å². The number of H-pyrrole nitrogens is 1. The van der Waals surface area contributed by atoms with Crippen LogP contribution in [0.1, 0.15) is 29.3 Å². The molecule has 0 saturated carbocycles. The lowest BCUT2D eigenvalue weighted by Crippen LogP contribution is -2.15. The maximum atomic E-state index is 10.7. The first-order chi connectivity index (χ1) is 8.41. The number of aromatic hydroxyl groups is 1. The van der Waals surface area contributed by atoms with E-state index in [1.807, 2.05) is 19.9 Å². The third-order valence-corrected chi connectivity index (χ3v) is 3.26. The van der Waals surface area contributed by atoms with E-state index in [0.717, 1.165) is 16.8 Å². The summed E-state index contributed by atoms with van der Waals surface area (Å²) in [7, 11) is 0. The molecular formula is C13H16N2O3. The predicted octanol–water partition coefficient (Wildman–Crippen LogP) is 1.96. The number of rotatable bonds is 3. The maximum Gasteiger partial charge on any atom is 0.305 e. The number of aromatic nitrogens is 1. The van der Waals surface area contributed by atoms with Crippen molar-refractivity contribution in [2.75, 3.05) is 0 Å². The first-order valence-electron chi connectivity index (χ1n) is 5.70. The van der Waals surface area contributed by atoms with Crippen molar-refractivity contribution in [1.29, 1.82) is 0 Å². The van der Waals surface area contributed by atoms with E-state index in [4.69, 9.17) is 10.8 Å². The smallest absolute Gasteiger partial charge is 0.305 e. The molecule has 18 heavy (non-hydrogen) atoms. The van der Waals surface area contributed by atoms with Crippen LogP contribution in [-0.2, 0) is 4.79 Å². The minimum atomic E-state index is -0.982. The molecule has 96 valence electrons. The monoisotopic (exact) mass is 248 g/mol. The topological polar surface area (TPSA) is 99.3 Å². The zero-order valence-corrected chi connectivity index (χ0v) is 10.3. The Hall–Kier alpha value is -2.01. The molecule has 0 saturated heterocycles. The molecule has 2 aromatic rings. The van der Waals surface area contributed by atoms with Crippen molar-refractivity contribution in [3.63, 3.8) is 0 Å². The second-order valence-corrected chi connectivity index (χ2v) is 4.51. The summed E-state index contributed by atoms with van der Waals surface area (Å²) >= 11 is 0. The number of aryl methyl sites for hydroxylation is 2. The molecule has 1 aromatic heterocycles. The lowest BCUT2D eigenvalue weighted by Gasteiger charge is -2.12. The van der Waals surface area contributed by atoms with Crippen molar-refractivity contribution in [1.82, 2.24) is 4.98 Å². The summed E-state index contributed by atoms with van der Waals surface area (Å²) < 4.78 is 0. The van der Waals surface area contributed by atoms with Crippen LogP contribution in [0.2, 0.25) is 0 Å². The van der Waals surface area contributed by atoms with Gasteiger partial charge in [-0.1, -0.05) is 6.07 Å². The van der Waals surface area contributed by atoms with Crippen LogP contribution < -0.4 is 5.73 Å². The number of aromatic amines is 1. The van der Waals surface area contributed by atoms with Gasteiger partial charge in [-0.25, -0.2) is 0 Å². The Kier molecular flexibility index (Phi) is 3.00. The van der Waals surface area contributed by atoms with Gasteiger partial charge >= 0.3 is 5.97 Å². The minimum absolute atomic E-state index is 0.0723. The van der Waals surface area contributed by atoms with E-state index in [1.54, 1.807) is 6.07 Å². The summed E-state index contributed by atoms with van der Waals surface area (Å²) in [6.07, 6.45) is -0.207. The largest absolute Gasteiger partial charge is 0.507 e. The van der Waals surface area contributed by atoms with E-state index in [2.05, 4.69) is 4.98 Å². The highest BCUT2D eigenvalue weighted by atomic mass is 16.4. The first-order valence-corrected chi connectivity index (χ1v) is 5.70. The van der Waals surface area contributed by atoms with Gasteiger partial charge in [-0.2, -0.15) is 0 Å². The van der Waals surface area contributed by atoms with Gasteiger partial charge < -0.3 is 20.9 Å². The predicted molar refractivity (Wildman–Crippen MR) is 68.6 cm³/mol. The first kappa shape index (κ1) is 12.4. The van der Waals surface area contributed by atoms with Crippen molar-refractivity contribution in [2.24, 2.45) is 5.73 Å². The number of aliphatic carboxylic acids is 1. The van der Waals surface area contributed by atoms with E-state index in [9.17, 15) is 9.90 Å². The number of hydrogen-bond acceptors (Lipinski definition) is 3. The van der Waals surface area contributed by atoms with Gasteiger partial charge in [0.2, 0.25) is 0 Å². The molecular weight excluding hydrogens is 232 g/mol. The van der Waals surface area contributed by atoms with Crippen LogP contribution >= 0.6 is 0 Å². The van der Waals surface area contributed by atoms with Crippen molar-refractivity contribution < 1.29 is 15.0 Å². The molecule has 0 aliphatic heterocycles. The highest BCUT2D eigenvalue weighted by molar-refractivity contribution is 5.91. The second-order valence-electron chi connectivity index (χ2n) is 4.51. The van der Waals surface area contributed by atoms with Gasteiger partial charge in [0.25, 0.3) is 0 Å². The van der Waals surface area contributed by atoms with Crippen molar-refractivity contribution >= 4 is 16.9 Å². The van der Waals surface area contributed by atoms with Gasteiger partial charge in [0, 0.05) is 28.2 Å². The fraction of sp³-hybridized carbons (Fsp3) is 0.308. The molecule has 5 nitrogen and oxygen atoms in total. The maximum absolute atomic E-state index is 10.7. The number of carboxylic acids is 1. The minimum Gasteiger partial charge on any atom is -0.507 e. The van der Waals surface area contributed by atoms with Gasteiger partial charge in [-0.05, 0) is 25.5 Å². The number of phenolic OH excluding ortho intramolecular Hbond substituents is 1. The van der Waals surface area contributed by atoms with Crippen molar-refractivity contribution in [3.05, 3.63) is 29.0 Å². The summed E-state index contributed by atoms with van der Waals surface area (Å²) in [5.41, 5.74) is 9.01. The van der Waals surface area contributed by atoms with Crippen LogP contribution in [0.4, 0.5) is 0 Å². The lowest BCUT2D eigenvalue weighted by atomic mass is 10.00. The van der Waals surface area contributed by atoms with Crippen LogP contribution in [-0.4, -0.2) is 21.2 Å². The Morgan fingerprint density at radius 2 is 2.11 bits per heavy atom. The normalized spacial score (nSPS) is 12.8. The molecule has 0 spiro atoms. The Bertz CT molecular complexity index is 616. The van der Waals surface area contributed by atoms with Crippen LogP contribution in [0.3, 0.4) is 0 Å². The molecule has 1 aromatic carbocycles. The summed E-state index contributed by atoms with van der Waals surface area (Å²) in [6, 6.07) is 2.77. The SMILES string of the molecule is Cc1[nH]c2ccc(C(N)CC(=O)O)c(O)c2c1C. The molecule has 1 unspecified atom stereocenters. The van der Waals surface area contributed by atoms with E-state index < -0.39 is 12.0 Å². The van der Waals surface area contributed by atoms with Crippen LogP contribution in [0.15, 0.2) is 12.1 Å². The highest BCUT2D eigenvalue weighted by Crippen LogP contribution is 2.35. The third kappa shape index (κ3) is 1.93. The quantitative estimate of drug-likeness (QED) is 0.667. The molecule has 1 heterocycles. The van der Waals surface area contributed by atoms with E-state index in [-0.39, 0.29) is 12.2 Å². The molecule has 0 aliphatic carbocycles. The second kappa shape index (κ2) is 4.34. The van der Waals surface area contributed by atoms with E-state index >= 15 is 0 Å². The van der Waals surface area contributed by atoms with E-state index in [1.165, 1.54) is 0 Å². The zero-order valence-electron chi connectivity index (χ0n) is 10.3. The number of nitrogens with one attached hydrogen (secondary N) is 1. The molecule has 2 rings (SSSR count). The number of phenols is 1. The Morgan fingerprint density at radius 3 is 2.72 bits per heavy atom. The molecule has 5 N–H and O–H groups in total. The fourth-order valence-corrected chi connectivity index (χ4v) is 2.17. The summed E-state index contributed by atoms with van der Waals surface area (Å²) in [5, 5.41) is 19.7. The Morgan fingerprint density at radius 1 is 1.44 bits per heavy atom. The number of nitrogens with two attached hydrogens (primary N) is 1. The summed E-state index contributed by atoms with van der Waals surface area (Å²) in [5.74, 6) is -0.910. The van der Waals surface area contributed by atoms with Crippen LogP contribution in [0.5, 0.6) is 5.75 Å². The molecule has 0 fully saturated rings. The molecule has 0 amide bonds. The molecule has 0 bridgehead atoms. The van der Waals surface area contributed by atoms with E-state index in [0.29, 0.717) is 10.9 Å². The average Bonchev–Trinajstić information content (AvgIpc) is 2.54. The number of benzene rings is 1. The van der Waals surface area contributed by atoms with Crippen molar-refractivity contribution in [3.8, 4) is 5.75 Å². The number of carbonyl (C=O) groups is 1. The number of carboxylic acid groups (broad SMARTS) is 1. The standard InChI is InChI=1S/C13H16N2O3/c1-6-7(2)15-10-4-3-8(13(18)12(6)10)9(14)5-11(16)17/h3-4,9,15,18H,5,14H2,1-2H3,(H,16,17). The molecule has 5 heteroatoms. The summed E-state index contributed by atoms with van der Waals surface area (Å²) in [4.78, 5) is 13.8. The Labute approximate surface area is 104 Å². The van der Waals surface area contributed by atoms with Gasteiger partial charge in [0.1, 0.15) is 5.75 Å². The van der Waals surface area contributed by atoms with Gasteiger partial charge in [0.05, 0.1) is 6.42 Å².